The normalized spacial score (nSPS) is 27.6. The van der Waals surface area contributed by atoms with E-state index in [9.17, 15) is 65.1 Å². The van der Waals surface area contributed by atoms with E-state index in [1.165, 1.54) is 36.4 Å². The summed E-state index contributed by atoms with van der Waals surface area (Å²) in [6.07, 6.45) is -19.7. The maximum Gasteiger partial charge on any atom is 0.295 e. The van der Waals surface area contributed by atoms with Crippen LogP contribution in [0.1, 0.15) is 157 Å². The summed E-state index contributed by atoms with van der Waals surface area (Å²) in [6.45, 7) is 10.6. The Morgan fingerprint density at radius 2 is 1.41 bits per heavy atom. The van der Waals surface area contributed by atoms with Gasteiger partial charge in [-0.05, 0) is 134 Å². The Labute approximate surface area is 659 Å². The van der Waals surface area contributed by atoms with Gasteiger partial charge in [0.25, 0.3) is 6.47 Å². The van der Waals surface area contributed by atoms with Gasteiger partial charge < -0.3 is 116 Å². The van der Waals surface area contributed by atoms with Gasteiger partial charge in [0.05, 0.1) is 47.3 Å². The van der Waals surface area contributed by atoms with Gasteiger partial charge in [0, 0.05) is 66.4 Å². The molecule has 0 radical (unpaired) electrons. The third kappa shape index (κ3) is 19.1. The van der Waals surface area contributed by atoms with E-state index in [0.29, 0.717) is 25.2 Å². The van der Waals surface area contributed by atoms with E-state index >= 15 is 19.2 Å². The van der Waals surface area contributed by atoms with E-state index in [1.54, 1.807) is 20.8 Å². The number of phenols is 3. The number of rotatable bonds is 21. The second kappa shape index (κ2) is 36.2. The summed E-state index contributed by atoms with van der Waals surface area (Å²) in [5, 5.41) is 119. The van der Waals surface area contributed by atoms with Crippen LogP contribution in [0.25, 0.3) is 11.1 Å². The number of halogens is 2. The van der Waals surface area contributed by atoms with Crippen LogP contribution in [0, 0.1) is 17.8 Å². The Kier molecular flexibility index (Phi) is 26.9. The van der Waals surface area contributed by atoms with E-state index in [1.807, 2.05) is 38.1 Å². The first-order valence-electron chi connectivity index (χ1n) is 37.1. The largest absolute Gasteiger partial charge is 0.508 e. The molecular weight excluding hydrogens is 1520 g/mol. The number of hydrogen-bond donors (Lipinski definition) is 15. The Balaban J connectivity index is 1.11. The minimum atomic E-state index is -2.18. The quantitative estimate of drug-likeness (QED) is 0.0267. The second-order valence-electron chi connectivity index (χ2n) is 29.5. The maximum atomic E-state index is 16.3. The number of ketones is 2. The van der Waals surface area contributed by atoms with Gasteiger partial charge in [0.1, 0.15) is 83.1 Å². The summed E-state index contributed by atoms with van der Waals surface area (Å²) in [5.74, 6) is -15.9. The van der Waals surface area contributed by atoms with Crippen molar-refractivity contribution in [2.45, 2.75) is 197 Å². The Bertz CT molecular complexity index is 4540. The highest BCUT2D eigenvalue weighted by Crippen LogP contribution is 2.51. The van der Waals surface area contributed by atoms with Gasteiger partial charge >= 0.3 is 0 Å². The van der Waals surface area contributed by atoms with Crippen molar-refractivity contribution in [3.05, 3.63) is 147 Å². The zero-order chi connectivity index (χ0) is 81.6. The van der Waals surface area contributed by atoms with Gasteiger partial charge in [-0.1, -0.05) is 87.6 Å². The summed E-state index contributed by atoms with van der Waals surface area (Å²) < 4.78 is 50.8. The number of aliphatic hydroxyl groups excluding tert-OH is 6. The molecule has 3 unspecified atom stereocenters. The lowest BCUT2D eigenvalue weighted by molar-refractivity contribution is -0.334. The molecule has 7 heterocycles. The molecule has 16 N–H and O–H groups in total. The molecule has 5 amide bonds. The number of phenolic OH excluding ortho intramolecular Hbond substituents is 3. The predicted molar refractivity (Wildman–Crippen MR) is 402 cm³/mol. The predicted octanol–water partition coefficient (Wildman–Crippen LogP) is 6.58. The fraction of sp³-hybridized carbons (Fsp3) is 0.450. The van der Waals surface area contributed by atoms with Crippen molar-refractivity contribution in [1.82, 2.24) is 26.6 Å². The van der Waals surface area contributed by atoms with Gasteiger partial charge in [-0.3, -0.25) is 38.4 Å². The smallest absolute Gasteiger partial charge is 0.295 e. The minimum Gasteiger partial charge on any atom is -0.508 e. The summed E-state index contributed by atoms with van der Waals surface area (Å²) in [7, 11) is 0. The standard InChI is InChI=1S/C80H92Cl2N6O25/c1-7-9-20-106-46-15-10-38(11-16-46)33-84-80(6)32-62(108-37(5)73(80)101)112-72-70(100)69(99)60(34-89)111-79(72)113-71-58-26-43-27-59(71)110-57-19-14-42(24-51(57)82)68(98)66-77(105)88-78(107-35-90)49-29-45(91)30-53(93)63(49)48-22-40(12-17-52(48)92)47(76(104)87-66)31-55(95)64(43)85-75(103)44(28-61(83)96)25-54(94)65(86-74(102)39(8-2)21-36(3)4)67(97)41-13-18-56(109-58)50(81)23-41/h10-19,22-24,26-27,29-30,35-37,39,44,47,60,62,64-70,72-73,78-79,84,89,91-93,97-101H,7-9,20-21,25,28,31-34H2,1-6H3,(H2,83,96)(H,85,103)(H,86,102)(H,87,104)(H,88,105)/t37-,39+,44-,47-,60+,62-,64+,65-,66-,67+,68+,69?,70?,72+,73+,78+,79-,80?/m0/s1. The molecule has 6 aromatic carbocycles. The van der Waals surface area contributed by atoms with Crippen LogP contribution in [0.5, 0.6) is 51.7 Å². The van der Waals surface area contributed by atoms with E-state index < -0.39 is 216 Å². The molecular formula is C80H92Cl2N6O25. The summed E-state index contributed by atoms with van der Waals surface area (Å²) in [6, 6.07) is 15.9. The molecule has 0 aromatic heterocycles. The number of Topliss-reactive ketones (excluding diaryl/α,β-unsaturated/α-hetero) is 2. The third-order valence-electron chi connectivity index (χ3n) is 20.9. The number of aliphatic hydroxyl groups is 6. The van der Waals surface area contributed by atoms with Crippen LogP contribution in [0.2, 0.25) is 10.0 Å². The molecule has 13 rings (SSSR count). The van der Waals surface area contributed by atoms with E-state index in [2.05, 4.69) is 33.5 Å². The Morgan fingerprint density at radius 1 is 0.743 bits per heavy atom. The number of nitrogens with one attached hydrogen (secondary N) is 5. The Hall–Kier alpha value is -9.74. The summed E-state index contributed by atoms with van der Waals surface area (Å²) >= 11 is 14.4. The highest BCUT2D eigenvalue weighted by atomic mass is 35.5. The molecule has 18 atom stereocenters. The van der Waals surface area contributed by atoms with Gasteiger partial charge in [0.15, 0.2) is 35.5 Å². The topological polar surface area (TPSA) is 479 Å². The van der Waals surface area contributed by atoms with E-state index in [0.717, 1.165) is 60.9 Å². The van der Waals surface area contributed by atoms with Crippen molar-refractivity contribution < 1.29 is 122 Å². The van der Waals surface area contributed by atoms with Crippen LogP contribution in [-0.2, 0) is 63.8 Å². The first kappa shape index (κ1) is 84.2. The van der Waals surface area contributed by atoms with Crippen molar-refractivity contribution in [3.63, 3.8) is 0 Å². The number of carbonyl (C=O) groups is 8. The number of aromatic hydroxyl groups is 3. The molecule has 7 aliphatic heterocycles. The molecule has 6 aromatic rings. The van der Waals surface area contributed by atoms with Crippen molar-refractivity contribution in [3.8, 4) is 62.9 Å². The highest BCUT2D eigenvalue weighted by molar-refractivity contribution is 6.32. The lowest BCUT2D eigenvalue weighted by Gasteiger charge is -2.48. The van der Waals surface area contributed by atoms with Gasteiger partial charge in [-0.25, -0.2) is 0 Å². The summed E-state index contributed by atoms with van der Waals surface area (Å²) in [4.78, 5) is 117. The molecule has 0 spiro atoms. The number of amides is 5. The number of nitrogens with two attached hydrogens (primary N) is 1. The van der Waals surface area contributed by atoms with Crippen molar-refractivity contribution in [2.75, 3.05) is 13.2 Å². The van der Waals surface area contributed by atoms with Crippen LogP contribution in [0.4, 0.5) is 0 Å². The number of unbranched alkanes of at least 4 members (excludes halogenated alkanes) is 1. The lowest BCUT2D eigenvalue weighted by Crippen LogP contribution is -2.65. The number of hydrogen-bond acceptors (Lipinski definition) is 26. The van der Waals surface area contributed by atoms with E-state index in [-0.39, 0.29) is 80.3 Å². The fourth-order valence-electron chi connectivity index (χ4n) is 14.7. The molecule has 33 heteroatoms. The number of primary amides is 1. The van der Waals surface area contributed by atoms with Crippen LogP contribution >= 0.6 is 23.2 Å². The van der Waals surface area contributed by atoms with Crippen LogP contribution in [0.15, 0.2) is 103 Å². The zero-order valence-electron chi connectivity index (χ0n) is 62.5. The monoisotopic (exact) mass is 1610 g/mol. The molecule has 2 fully saturated rings. The van der Waals surface area contributed by atoms with Gasteiger partial charge in [-0.15, -0.1) is 0 Å². The highest BCUT2D eigenvalue weighted by Gasteiger charge is 2.52. The number of fused-ring (bicyclic) bond motifs is 15. The number of ether oxygens (including phenoxy) is 8. The molecule has 31 nitrogen and oxygen atoms in total. The van der Waals surface area contributed by atoms with E-state index in [4.69, 9.17) is 66.8 Å². The fourth-order valence-corrected chi connectivity index (χ4v) is 15.1. The number of carbonyl (C=O) groups excluding carboxylic acids is 8. The van der Waals surface area contributed by atoms with Crippen LogP contribution in [0.3, 0.4) is 0 Å². The molecule has 606 valence electrons. The molecule has 11 bridgehead atoms. The van der Waals surface area contributed by atoms with Crippen molar-refractivity contribution in [1.29, 1.82) is 0 Å². The first-order chi connectivity index (χ1) is 53.8. The van der Waals surface area contributed by atoms with Crippen LogP contribution in [-0.4, -0.2) is 174 Å². The molecule has 2 saturated heterocycles. The average Bonchev–Trinajstić information content (AvgIpc) is 0.770. The molecule has 113 heavy (non-hydrogen) atoms. The maximum absolute atomic E-state index is 16.3. The molecule has 0 saturated carbocycles. The SMILES string of the molecule is CCCCOc1ccc(CNC2(C)C[C@H](O[C@@H]3C(O)C(O)[C@@H](CO)O[C@H]3Oc3c4cc5cc3Oc3ccc(cc3Cl)[C@@H](O)[C@@H](NC(=O)[C@H](CC)CC(C)C)C(=O)C[C@@H](CC(N)=O)C(=O)N[C@H]5C(=O)C[C@@H]3C(=O)N[C@H](C(=O)N[C@H](OC=O)c5cc(O)cc(O)c5-c5cc3ccc5O)[C@H](O)c3ccc(c(Cl)c3)O4)O[C@@H](C)[C@H]2O)cc1. The zero-order valence-corrected chi connectivity index (χ0v) is 64.0. The van der Waals surface area contributed by atoms with Gasteiger partial charge in [-0.2, -0.15) is 0 Å². The van der Waals surface area contributed by atoms with Crippen molar-refractivity contribution in [2.24, 2.45) is 23.5 Å². The molecule has 7 aliphatic rings. The van der Waals surface area contributed by atoms with Crippen LogP contribution < -0.4 is 51.3 Å². The number of benzene rings is 6. The Morgan fingerprint density at radius 3 is 2.03 bits per heavy atom. The van der Waals surface area contributed by atoms with Gasteiger partial charge in [0.2, 0.25) is 47.8 Å². The summed E-state index contributed by atoms with van der Waals surface area (Å²) in [5.41, 5.74) is 3.52. The average molecular weight is 1610 g/mol. The third-order valence-corrected chi connectivity index (χ3v) is 21.5. The van der Waals surface area contributed by atoms with Crippen molar-refractivity contribution >= 4 is 70.8 Å². The minimum absolute atomic E-state index is 0.0160. The molecule has 0 aliphatic carbocycles. The second-order valence-corrected chi connectivity index (χ2v) is 30.3. The lowest BCUT2D eigenvalue weighted by atomic mass is 9.84. The first-order valence-corrected chi connectivity index (χ1v) is 37.8.